The summed E-state index contributed by atoms with van der Waals surface area (Å²) < 4.78 is 0. The Kier molecular flexibility index (Phi) is 4.62. The van der Waals surface area contributed by atoms with E-state index in [2.05, 4.69) is 32.6 Å². The molecule has 2 unspecified atom stereocenters. The largest absolute Gasteiger partial charge is 0.337 e. The van der Waals surface area contributed by atoms with Gasteiger partial charge in [-0.05, 0) is 45.4 Å². The van der Waals surface area contributed by atoms with Gasteiger partial charge in [0.05, 0.1) is 0 Å². The van der Waals surface area contributed by atoms with Gasteiger partial charge in [-0.1, -0.05) is 13.8 Å². The summed E-state index contributed by atoms with van der Waals surface area (Å²) >= 11 is 0. The molecule has 0 N–H and O–H groups in total. The van der Waals surface area contributed by atoms with Crippen molar-refractivity contribution in [2.75, 3.05) is 0 Å². The molecule has 0 saturated heterocycles. The average molecular weight is 211 g/mol. The van der Waals surface area contributed by atoms with Crippen molar-refractivity contribution in [2.45, 2.75) is 71.9 Å². The highest BCUT2D eigenvalue weighted by atomic mass is 16.2. The zero-order valence-corrected chi connectivity index (χ0v) is 10.6. The summed E-state index contributed by atoms with van der Waals surface area (Å²) in [5.41, 5.74) is 0. The van der Waals surface area contributed by atoms with E-state index >= 15 is 0 Å². The van der Waals surface area contributed by atoms with Gasteiger partial charge in [-0.15, -0.1) is 0 Å². The minimum absolute atomic E-state index is 0.376. The molecule has 0 radical (unpaired) electrons. The summed E-state index contributed by atoms with van der Waals surface area (Å²) in [6, 6.07) is 0.789. The van der Waals surface area contributed by atoms with Crippen LogP contribution in [0.15, 0.2) is 0 Å². The molecule has 0 aromatic rings. The van der Waals surface area contributed by atoms with E-state index in [0.29, 0.717) is 23.9 Å². The third kappa shape index (κ3) is 3.51. The molecule has 1 aliphatic rings. The van der Waals surface area contributed by atoms with Crippen LogP contribution in [0.2, 0.25) is 0 Å². The molecular formula is C13H25NO. The smallest absolute Gasteiger partial charge is 0.223 e. The average Bonchev–Trinajstić information content (AvgIpc) is 3.01. The Labute approximate surface area is 94.0 Å². The molecule has 15 heavy (non-hydrogen) atoms. The fraction of sp³-hybridized carbons (Fsp3) is 0.923. The van der Waals surface area contributed by atoms with Crippen molar-refractivity contribution in [1.82, 2.24) is 4.90 Å². The van der Waals surface area contributed by atoms with Gasteiger partial charge >= 0.3 is 0 Å². The standard InChI is InChI=1S/C13H25NO/c1-5-10(3)14(11(4)6-2)13(15)9-12-7-8-12/h10-12H,5-9H2,1-4H3. The molecule has 1 aliphatic carbocycles. The first-order valence-corrected chi connectivity index (χ1v) is 6.41. The predicted molar refractivity (Wildman–Crippen MR) is 63.7 cm³/mol. The van der Waals surface area contributed by atoms with E-state index in [1.165, 1.54) is 12.8 Å². The fourth-order valence-corrected chi connectivity index (χ4v) is 1.99. The molecule has 2 heteroatoms. The van der Waals surface area contributed by atoms with Crippen LogP contribution >= 0.6 is 0 Å². The molecular weight excluding hydrogens is 186 g/mol. The van der Waals surface area contributed by atoms with E-state index < -0.39 is 0 Å². The van der Waals surface area contributed by atoms with Crippen molar-refractivity contribution in [2.24, 2.45) is 5.92 Å². The zero-order chi connectivity index (χ0) is 11.4. The Morgan fingerprint density at radius 1 is 1.20 bits per heavy atom. The van der Waals surface area contributed by atoms with Crippen molar-refractivity contribution in [3.63, 3.8) is 0 Å². The van der Waals surface area contributed by atoms with Crippen LogP contribution in [-0.4, -0.2) is 22.9 Å². The van der Waals surface area contributed by atoms with Crippen LogP contribution in [0.1, 0.15) is 59.8 Å². The normalized spacial score (nSPS) is 19.7. The van der Waals surface area contributed by atoms with Crippen LogP contribution < -0.4 is 0 Å². The van der Waals surface area contributed by atoms with Crippen LogP contribution in [0.4, 0.5) is 0 Å². The van der Waals surface area contributed by atoms with Gasteiger partial charge in [-0.2, -0.15) is 0 Å². The summed E-state index contributed by atoms with van der Waals surface area (Å²) in [5, 5.41) is 0. The van der Waals surface area contributed by atoms with Crippen LogP contribution in [0, 0.1) is 5.92 Å². The van der Waals surface area contributed by atoms with E-state index in [0.717, 1.165) is 19.3 Å². The van der Waals surface area contributed by atoms with Gasteiger partial charge in [0.25, 0.3) is 0 Å². The summed E-state index contributed by atoms with van der Waals surface area (Å²) in [7, 11) is 0. The Bertz CT molecular complexity index is 201. The Morgan fingerprint density at radius 2 is 1.67 bits per heavy atom. The zero-order valence-electron chi connectivity index (χ0n) is 10.6. The number of carbonyl (C=O) groups excluding carboxylic acids is 1. The highest BCUT2D eigenvalue weighted by Gasteiger charge is 2.30. The molecule has 1 rings (SSSR count). The van der Waals surface area contributed by atoms with Crippen LogP contribution in [0.25, 0.3) is 0 Å². The molecule has 0 aromatic carbocycles. The Balaban J connectivity index is 2.56. The quantitative estimate of drug-likeness (QED) is 0.660. The predicted octanol–water partition coefficient (Wildman–Crippen LogP) is 3.21. The molecule has 1 amide bonds. The maximum absolute atomic E-state index is 12.1. The molecule has 88 valence electrons. The molecule has 0 bridgehead atoms. The molecule has 2 atom stereocenters. The van der Waals surface area contributed by atoms with Crippen molar-refractivity contribution < 1.29 is 4.79 Å². The second kappa shape index (κ2) is 5.53. The lowest BCUT2D eigenvalue weighted by Gasteiger charge is -2.34. The highest BCUT2D eigenvalue weighted by Crippen LogP contribution is 2.33. The van der Waals surface area contributed by atoms with Gasteiger partial charge in [-0.25, -0.2) is 0 Å². The van der Waals surface area contributed by atoms with Crippen LogP contribution in [-0.2, 0) is 4.79 Å². The van der Waals surface area contributed by atoms with Gasteiger partial charge in [0.2, 0.25) is 5.91 Å². The second-order valence-electron chi connectivity index (χ2n) is 4.96. The number of nitrogens with zero attached hydrogens (tertiary/aromatic N) is 1. The van der Waals surface area contributed by atoms with Crippen molar-refractivity contribution >= 4 is 5.91 Å². The third-order valence-electron chi connectivity index (χ3n) is 3.58. The fourth-order valence-electron chi connectivity index (χ4n) is 1.99. The number of hydrogen-bond acceptors (Lipinski definition) is 1. The molecule has 0 aromatic heterocycles. The molecule has 2 nitrogen and oxygen atoms in total. The third-order valence-corrected chi connectivity index (χ3v) is 3.58. The van der Waals surface area contributed by atoms with Gasteiger partial charge in [0.15, 0.2) is 0 Å². The first-order chi connectivity index (χ1) is 7.10. The minimum atomic E-state index is 0.376. The van der Waals surface area contributed by atoms with E-state index in [9.17, 15) is 4.79 Å². The lowest BCUT2D eigenvalue weighted by atomic mass is 10.1. The number of carbonyl (C=O) groups is 1. The van der Waals surface area contributed by atoms with E-state index in [4.69, 9.17) is 0 Å². The minimum Gasteiger partial charge on any atom is -0.337 e. The van der Waals surface area contributed by atoms with Crippen molar-refractivity contribution in [3.8, 4) is 0 Å². The topological polar surface area (TPSA) is 20.3 Å². The van der Waals surface area contributed by atoms with Crippen molar-refractivity contribution in [1.29, 1.82) is 0 Å². The SMILES string of the molecule is CCC(C)N(C(=O)CC1CC1)C(C)CC. The second-order valence-corrected chi connectivity index (χ2v) is 4.96. The summed E-state index contributed by atoms with van der Waals surface area (Å²) in [5.74, 6) is 1.08. The number of hydrogen-bond donors (Lipinski definition) is 0. The summed E-state index contributed by atoms with van der Waals surface area (Å²) in [6.07, 6.45) is 5.43. The van der Waals surface area contributed by atoms with Gasteiger partial charge in [0, 0.05) is 18.5 Å². The summed E-state index contributed by atoms with van der Waals surface area (Å²) in [4.78, 5) is 14.2. The summed E-state index contributed by atoms with van der Waals surface area (Å²) in [6.45, 7) is 8.64. The lowest BCUT2D eigenvalue weighted by Crippen LogP contribution is -2.44. The van der Waals surface area contributed by atoms with E-state index in [-0.39, 0.29) is 0 Å². The molecule has 0 heterocycles. The van der Waals surface area contributed by atoms with Crippen molar-refractivity contribution in [3.05, 3.63) is 0 Å². The number of rotatable bonds is 6. The Hall–Kier alpha value is -0.530. The maximum Gasteiger partial charge on any atom is 0.223 e. The van der Waals surface area contributed by atoms with Crippen LogP contribution in [0.5, 0.6) is 0 Å². The first kappa shape index (κ1) is 12.5. The van der Waals surface area contributed by atoms with Gasteiger partial charge in [0.1, 0.15) is 0 Å². The highest BCUT2D eigenvalue weighted by molar-refractivity contribution is 5.77. The molecule has 0 aliphatic heterocycles. The van der Waals surface area contributed by atoms with E-state index in [1.807, 2.05) is 0 Å². The Morgan fingerprint density at radius 3 is 2.00 bits per heavy atom. The number of amides is 1. The monoisotopic (exact) mass is 211 g/mol. The molecule has 1 fully saturated rings. The lowest BCUT2D eigenvalue weighted by molar-refractivity contribution is -0.136. The molecule has 1 saturated carbocycles. The maximum atomic E-state index is 12.1. The van der Waals surface area contributed by atoms with Gasteiger partial charge < -0.3 is 4.90 Å². The first-order valence-electron chi connectivity index (χ1n) is 6.41. The van der Waals surface area contributed by atoms with Gasteiger partial charge in [-0.3, -0.25) is 4.79 Å². The molecule has 0 spiro atoms. The van der Waals surface area contributed by atoms with Crippen LogP contribution in [0.3, 0.4) is 0 Å². The van der Waals surface area contributed by atoms with E-state index in [1.54, 1.807) is 0 Å².